The van der Waals surface area contributed by atoms with Crippen LogP contribution in [0.25, 0.3) is 0 Å². The van der Waals surface area contributed by atoms with E-state index < -0.39 is 0 Å². The Kier molecular flexibility index (Phi) is 2.30. The van der Waals surface area contributed by atoms with Crippen LogP contribution in [0.1, 0.15) is 35.9 Å². The van der Waals surface area contributed by atoms with Gasteiger partial charge in [0.25, 0.3) is 0 Å². The highest BCUT2D eigenvalue weighted by Gasteiger charge is 2.43. The molecule has 0 spiro atoms. The van der Waals surface area contributed by atoms with Gasteiger partial charge in [-0.05, 0) is 12.8 Å². The fraction of sp³-hybridized carbons (Fsp3) is 0.727. The SMILES string of the molecule is OCC1(c2nc(C3CCC3)cs2)COC1. The van der Waals surface area contributed by atoms with Crippen molar-refractivity contribution in [3.05, 3.63) is 16.1 Å². The van der Waals surface area contributed by atoms with Gasteiger partial charge in [-0.15, -0.1) is 11.3 Å². The van der Waals surface area contributed by atoms with Crippen LogP contribution in [0.5, 0.6) is 0 Å². The zero-order valence-electron chi connectivity index (χ0n) is 8.61. The van der Waals surface area contributed by atoms with E-state index in [0.717, 1.165) is 5.01 Å². The number of aromatic nitrogens is 1. The lowest BCUT2D eigenvalue weighted by atomic mass is 9.83. The maximum atomic E-state index is 9.40. The molecule has 0 unspecified atom stereocenters. The summed E-state index contributed by atoms with van der Waals surface area (Å²) in [5.74, 6) is 0.687. The Labute approximate surface area is 93.1 Å². The van der Waals surface area contributed by atoms with Gasteiger partial charge in [-0.25, -0.2) is 4.98 Å². The summed E-state index contributed by atoms with van der Waals surface area (Å²) in [6, 6.07) is 0. The molecule has 0 atom stereocenters. The van der Waals surface area contributed by atoms with Crippen LogP contribution in [-0.2, 0) is 10.2 Å². The zero-order chi connectivity index (χ0) is 10.3. The zero-order valence-corrected chi connectivity index (χ0v) is 9.42. The summed E-state index contributed by atoms with van der Waals surface area (Å²) in [5.41, 5.74) is 1.06. The van der Waals surface area contributed by atoms with Crippen molar-refractivity contribution in [2.75, 3.05) is 19.8 Å². The Morgan fingerprint density at radius 1 is 1.53 bits per heavy atom. The van der Waals surface area contributed by atoms with Crippen LogP contribution in [0.2, 0.25) is 0 Å². The lowest BCUT2D eigenvalue weighted by molar-refractivity contribution is -0.0842. The van der Waals surface area contributed by atoms with Crippen LogP contribution in [0.4, 0.5) is 0 Å². The third kappa shape index (κ3) is 1.43. The number of aliphatic hydroxyl groups excluding tert-OH is 1. The summed E-state index contributed by atoms with van der Waals surface area (Å²) in [4.78, 5) is 4.68. The molecule has 1 aromatic heterocycles. The number of aliphatic hydroxyl groups is 1. The molecule has 1 saturated heterocycles. The molecule has 0 aromatic carbocycles. The van der Waals surface area contributed by atoms with Gasteiger partial charge in [-0.2, -0.15) is 0 Å². The average Bonchev–Trinajstić information content (AvgIpc) is 2.50. The highest BCUT2D eigenvalue weighted by atomic mass is 32.1. The van der Waals surface area contributed by atoms with Gasteiger partial charge < -0.3 is 9.84 Å². The first-order chi connectivity index (χ1) is 7.34. The van der Waals surface area contributed by atoms with Crippen LogP contribution in [0.15, 0.2) is 5.38 Å². The lowest BCUT2D eigenvalue weighted by Gasteiger charge is -2.38. The largest absolute Gasteiger partial charge is 0.395 e. The van der Waals surface area contributed by atoms with E-state index in [4.69, 9.17) is 4.74 Å². The van der Waals surface area contributed by atoms with Gasteiger partial charge >= 0.3 is 0 Å². The molecule has 2 heterocycles. The maximum absolute atomic E-state index is 9.40. The topological polar surface area (TPSA) is 42.4 Å². The summed E-state index contributed by atoms with van der Waals surface area (Å²) >= 11 is 1.68. The molecular weight excluding hydrogens is 210 g/mol. The minimum atomic E-state index is -0.174. The summed E-state index contributed by atoms with van der Waals surface area (Å²) in [6.07, 6.45) is 3.91. The number of hydrogen-bond donors (Lipinski definition) is 1. The predicted molar refractivity (Wildman–Crippen MR) is 58.3 cm³/mol. The molecule has 1 saturated carbocycles. The average molecular weight is 225 g/mol. The second-order valence-corrected chi connectivity index (χ2v) is 5.49. The first kappa shape index (κ1) is 9.75. The highest BCUT2D eigenvalue weighted by Crippen LogP contribution is 2.40. The van der Waals surface area contributed by atoms with Crippen molar-refractivity contribution in [2.24, 2.45) is 0 Å². The lowest BCUT2D eigenvalue weighted by Crippen LogP contribution is -2.49. The van der Waals surface area contributed by atoms with E-state index >= 15 is 0 Å². The molecule has 0 radical (unpaired) electrons. The van der Waals surface area contributed by atoms with Crippen molar-refractivity contribution in [3.8, 4) is 0 Å². The summed E-state index contributed by atoms with van der Waals surface area (Å²) < 4.78 is 5.20. The molecule has 0 amide bonds. The molecule has 1 aromatic rings. The first-order valence-electron chi connectivity index (χ1n) is 5.49. The number of nitrogens with zero attached hydrogens (tertiary/aromatic N) is 1. The molecular formula is C11H15NO2S. The second-order valence-electron chi connectivity index (χ2n) is 4.64. The van der Waals surface area contributed by atoms with Crippen molar-refractivity contribution in [3.63, 3.8) is 0 Å². The monoisotopic (exact) mass is 225 g/mol. The van der Waals surface area contributed by atoms with Gasteiger partial charge in [0.2, 0.25) is 0 Å². The van der Waals surface area contributed by atoms with Crippen LogP contribution < -0.4 is 0 Å². The van der Waals surface area contributed by atoms with Gasteiger partial charge in [0.05, 0.1) is 30.9 Å². The molecule has 2 fully saturated rings. The number of hydrogen-bond acceptors (Lipinski definition) is 4. The number of rotatable bonds is 3. The molecule has 4 heteroatoms. The second kappa shape index (κ2) is 3.54. The maximum Gasteiger partial charge on any atom is 0.106 e. The molecule has 1 aliphatic carbocycles. The van der Waals surface area contributed by atoms with E-state index in [-0.39, 0.29) is 12.0 Å². The van der Waals surface area contributed by atoms with Crippen LogP contribution in [0, 0.1) is 0 Å². The Morgan fingerprint density at radius 3 is 2.80 bits per heavy atom. The number of ether oxygens (including phenoxy) is 1. The van der Waals surface area contributed by atoms with E-state index in [1.54, 1.807) is 11.3 Å². The fourth-order valence-corrected chi connectivity index (χ4v) is 3.12. The minimum Gasteiger partial charge on any atom is -0.395 e. The molecule has 3 rings (SSSR count). The number of thiazole rings is 1. The predicted octanol–water partition coefficient (Wildman–Crippen LogP) is 1.67. The minimum absolute atomic E-state index is 0.157. The normalized spacial score (nSPS) is 24.6. The standard InChI is InChI=1S/C11H15NO2S/c13-5-11(6-14-7-11)10-12-9(4-15-10)8-2-1-3-8/h4,8,13H,1-3,5-7H2. The summed E-state index contributed by atoms with van der Waals surface area (Å²) in [7, 11) is 0. The quantitative estimate of drug-likeness (QED) is 0.851. The Bertz CT molecular complexity index is 350. The van der Waals surface area contributed by atoms with Crippen LogP contribution >= 0.6 is 11.3 Å². The van der Waals surface area contributed by atoms with Gasteiger partial charge in [-0.1, -0.05) is 6.42 Å². The molecule has 1 N–H and O–H groups in total. The van der Waals surface area contributed by atoms with Crippen molar-refractivity contribution in [2.45, 2.75) is 30.6 Å². The highest BCUT2D eigenvalue weighted by molar-refractivity contribution is 7.09. The van der Waals surface area contributed by atoms with Gasteiger partial charge in [0.15, 0.2) is 0 Å². The smallest absolute Gasteiger partial charge is 0.106 e. The fourth-order valence-electron chi connectivity index (χ4n) is 2.05. The van der Waals surface area contributed by atoms with E-state index in [9.17, 15) is 5.11 Å². The van der Waals surface area contributed by atoms with E-state index in [2.05, 4.69) is 10.4 Å². The Balaban J connectivity index is 1.82. The van der Waals surface area contributed by atoms with Crippen molar-refractivity contribution in [1.29, 1.82) is 0 Å². The van der Waals surface area contributed by atoms with Crippen LogP contribution in [0.3, 0.4) is 0 Å². The van der Waals surface area contributed by atoms with E-state index in [0.29, 0.717) is 19.1 Å². The van der Waals surface area contributed by atoms with Crippen LogP contribution in [-0.4, -0.2) is 29.9 Å². The first-order valence-corrected chi connectivity index (χ1v) is 6.36. The van der Waals surface area contributed by atoms with E-state index in [1.165, 1.54) is 25.0 Å². The molecule has 82 valence electrons. The Morgan fingerprint density at radius 2 is 2.33 bits per heavy atom. The van der Waals surface area contributed by atoms with Gasteiger partial charge in [-0.3, -0.25) is 0 Å². The third-order valence-electron chi connectivity index (χ3n) is 3.56. The summed E-state index contributed by atoms with van der Waals surface area (Å²) in [6.45, 7) is 1.41. The molecule has 2 aliphatic rings. The molecule has 0 bridgehead atoms. The molecule has 3 nitrogen and oxygen atoms in total. The van der Waals surface area contributed by atoms with Gasteiger partial charge in [0.1, 0.15) is 5.01 Å². The Hall–Kier alpha value is -0.450. The van der Waals surface area contributed by atoms with Gasteiger partial charge in [0, 0.05) is 11.3 Å². The van der Waals surface area contributed by atoms with Crippen molar-refractivity contribution in [1.82, 2.24) is 4.98 Å². The molecule has 15 heavy (non-hydrogen) atoms. The third-order valence-corrected chi connectivity index (χ3v) is 4.67. The van der Waals surface area contributed by atoms with E-state index in [1.807, 2.05) is 0 Å². The van der Waals surface area contributed by atoms with Crippen molar-refractivity contribution < 1.29 is 9.84 Å². The molecule has 1 aliphatic heterocycles. The summed E-state index contributed by atoms with van der Waals surface area (Å²) in [5, 5.41) is 12.6. The van der Waals surface area contributed by atoms with Crippen molar-refractivity contribution >= 4 is 11.3 Å².